The van der Waals surface area contributed by atoms with E-state index in [9.17, 15) is 0 Å². The molecule has 113 valence electrons. The summed E-state index contributed by atoms with van der Waals surface area (Å²) in [6.45, 7) is 2.24. The molecule has 0 N–H and O–H groups in total. The molecule has 0 aromatic heterocycles. The van der Waals surface area contributed by atoms with Crippen LogP contribution in [-0.2, 0) is 21.7 Å². The molecule has 1 atom stereocenters. The number of benzene rings is 1. The van der Waals surface area contributed by atoms with Gasteiger partial charge in [-0.3, -0.25) is 0 Å². The van der Waals surface area contributed by atoms with Gasteiger partial charge in [0.1, 0.15) is 7.38 Å². The summed E-state index contributed by atoms with van der Waals surface area (Å²) in [5.41, 5.74) is 2.85. The van der Waals surface area contributed by atoms with Gasteiger partial charge in [0.15, 0.2) is 0 Å². The first-order valence-electron chi connectivity index (χ1n) is 7.04. The van der Waals surface area contributed by atoms with Gasteiger partial charge in [0.2, 0.25) is 0 Å². The molecule has 5 heteroatoms. The van der Waals surface area contributed by atoms with E-state index in [0.29, 0.717) is 0 Å². The van der Waals surface area contributed by atoms with E-state index in [1.807, 2.05) is 0 Å². The number of fused-ring (bicyclic) bond motifs is 3. The molecule has 1 aliphatic carbocycles. The molecule has 2 aromatic carbocycles. The molecule has 0 bridgehead atoms. The second-order valence-electron chi connectivity index (χ2n) is 5.58. The van der Waals surface area contributed by atoms with E-state index >= 15 is 0 Å². The van der Waals surface area contributed by atoms with Gasteiger partial charge in [-0.1, -0.05) is 43.2 Å². The predicted octanol–water partition coefficient (Wildman–Crippen LogP) is -2.07. The summed E-state index contributed by atoms with van der Waals surface area (Å²) in [7, 11) is -1.68. The first kappa shape index (κ1) is 20.2. The summed E-state index contributed by atoms with van der Waals surface area (Å²) in [5, 5.41) is 5.89. The van der Waals surface area contributed by atoms with Crippen molar-refractivity contribution in [2.24, 2.45) is 0 Å². The van der Waals surface area contributed by atoms with Crippen LogP contribution in [0.1, 0.15) is 25.3 Å². The zero-order valence-corrected chi connectivity index (χ0v) is 17.1. The van der Waals surface area contributed by atoms with Crippen molar-refractivity contribution in [3.05, 3.63) is 48.1 Å². The minimum absolute atomic E-state index is 0. The third-order valence-electron chi connectivity index (χ3n) is 4.39. The summed E-state index contributed by atoms with van der Waals surface area (Å²) in [4.78, 5) is 0. The van der Waals surface area contributed by atoms with Crippen LogP contribution in [-0.4, -0.2) is 7.38 Å². The number of rotatable bonds is 3. The van der Waals surface area contributed by atoms with E-state index in [4.69, 9.17) is 11.1 Å². The second-order valence-corrected chi connectivity index (χ2v) is 10.7. The Kier molecular flexibility index (Phi) is 6.72. The van der Waals surface area contributed by atoms with Gasteiger partial charge >= 0.3 is 21.7 Å². The number of hydrogen-bond donors (Lipinski definition) is 0. The molecule has 1 aliphatic heterocycles. The molecule has 4 rings (SSSR count). The standard InChI is InChI=1S/C17H16ClSi.2ClH.Ti/c1-2-10-19(18)15-11-13-8-5-9-14(16(13)17(15)19)12-6-3-4-7-12;;;/h3-6,8-9,11H,2,7,10H2,1H3;2*1H;/q-1;;;+3/p-2. The van der Waals surface area contributed by atoms with Crippen LogP contribution in [0.25, 0.3) is 16.3 Å². The predicted molar refractivity (Wildman–Crippen MR) is 87.2 cm³/mol. The Morgan fingerprint density at radius 2 is 2.05 bits per heavy atom. The molecule has 0 amide bonds. The third-order valence-corrected chi connectivity index (χ3v) is 9.63. The van der Waals surface area contributed by atoms with Crippen LogP contribution in [0, 0.1) is 0 Å². The Balaban J connectivity index is 0.000000807. The van der Waals surface area contributed by atoms with Crippen molar-refractivity contribution in [3.63, 3.8) is 0 Å². The van der Waals surface area contributed by atoms with Gasteiger partial charge in [-0.15, -0.1) is 39.3 Å². The van der Waals surface area contributed by atoms with Crippen molar-refractivity contribution in [2.45, 2.75) is 25.8 Å². The fraction of sp³-hybridized carbons (Fsp3) is 0.235. The normalized spacial score (nSPS) is 20.5. The molecule has 0 nitrogen and oxygen atoms in total. The Labute approximate surface area is 164 Å². The molecule has 1 heterocycles. The van der Waals surface area contributed by atoms with Gasteiger partial charge in [0.05, 0.1) is 0 Å². The van der Waals surface area contributed by atoms with E-state index < -0.39 is 7.38 Å². The fourth-order valence-electron chi connectivity index (χ4n) is 3.48. The molecule has 2 aromatic rings. The number of halogens is 3. The minimum Gasteiger partial charge on any atom is -1.00 e. The molecule has 0 fully saturated rings. The van der Waals surface area contributed by atoms with Crippen LogP contribution < -0.4 is 35.2 Å². The average Bonchev–Trinajstić information content (AvgIpc) is 2.89. The maximum atomic E-state index is 6.92. The van der Waals surface area contributed by atoms with E-state index in [2.05, 4.69) is 49.4 Å². The largest absolute Gasteiger partial charge is 3.00 e. The van der Waals surface area contributed by atoms with Gasteiger partial charge in [0, 0.05) is 0 Å². The Morgan fingerprint density at radius 1 is 1.27 bits per heavy atom. The molecule has 2 aliphatic rings. The maximum Gasteiger partial charge on any atom is 3.00 e. The molecule has 22 heavy (non-hydrogen) atoms. The second kappa shape index (κ2) is 7.34. The van der Waals surface area contributed by atoms with Crippen molar-refractivity contribution in [1.82, 2.24) is 0 Å². The molecular formula is C17H16Cl3SiTi. The summed E-state index contributed by atoms with van der Waals surface area (Å²) >= 11 is 6.92. The van der Waals surface area contributed by atoms with Crippen molar-refractivity contribution in [3.8, 4) is 0 Å². The molecule has 0 saturated heterocycles. The Hall–Kier alpha value is 0.111. The van der Waals surface area contributed by atoms with Crippen molar-refractivity contribution in [2.75, 3.05) is 0 Å². The first-order chi connectivity index (χ1) is 9.25. The first-order valence-corrected chi connectivity index (χ1v) is 10.3. The summed E-state index contributed by atoms with van der Waals surface area (Å²) in [6.07, 6.45) is 8.88. The zero-order chi connectivity index (χ0) is 13.0. The Morgan fingerprint density at radius 3 is 2.68 bits per heavy atom. The Bertz CT molecular complexity index is 748. The van der Waals surface area contributed by atoms with E-state index in [1.165, 1.54) is 44.7 Å². The van der Waals surface area contributed by atoms with Crippen LogP contribution in [0.4, 0.5) is 0 Å². The third kappa shape index (κ3) is 2.81. The molecule has 1 radical (unpaired) electrons. The quantitative estimate of drug-likeness (QED) is 0.314. The maximum absolute atomic E-state index is 6.92. The number of hydrogen-bond acceptors (Lipinski definition) is 0. The zero-order valence-electron chi connectivity index (χ0n) is 12.3. The van der Waals surface area contributed by atoms with Crippen LogP contribution in [0.5, 0.6) is 0 Å². The SMILES string of the molecule is CCC[Si]1(Cl)c2[cH-]c3cccc(C4=CC=CC4)c3c21.[Cl-].[Cl-].[Ti+3]. The number of allylic oxidation sites excluding steroid dienone is 4. The monoisotopic (exact) mass is 401 g/mol. The molecule has 1 unspecified atom stereocenters. The van der Waals surface area contributed by atoms with Crippen LogP contribution in [0.3, 0.4) is 0 Å². The van der Waals surface area contributed by atoms with Gasteiger partial charge in [-0.05, 0) is 18.0 Å². The molecule has 0 saturated carbocycles. The van der Waals surface area contributed by atoms with Crippen LogP contribution in [0.15, 0.2) is 42.5 Å². The van der Waals surface area contributed by atoms with Crippen LogP contribution in [0.2, 0.25) is 6.04 Å². The average molecular weight is 403 g/mol. The molecular weight excluding hydrogens is 386 g/mol. The summed E-state index contributed by atoms with van der Waals surface area (Å²) in [6, 6.07) is 10.2. The van der Waals surface area contributed by atoms with Crippen molar-refractivity contribution < 1.29 is 46.5 Å². The van der Waals surface area contributed by atoms with Crippen molar-refractivity contribution >= 4 is 45.2 Å². The van der Waals surface area contributed by atoms with Gasteiger partial charge in [-0.2, -0.15) is 11.1 Å². The summed E-state index contributed by atoms with van der Waals surface area (Å²) in [5.74, 6) is 0. The topological polar surface area (TPSA) is 0 Å². The van der Waals surface area contributed by atoms with Gasteiger partial charge in [-0.25, -0.2) is 0 Å². The minimum atomic E-state index is -1.68. The van der Waals surface area contributed by atoms with E-state index in [1.54, 1.807) is 0 Å². The fourth-order valence-corrected chi connectivity index (χ4v) is 8.73. The smallest absolute Gasteiger partial charge is 1.00 e. The van der Waals surface area contributed by atoms with Crippen molar-refractivity contribution in [1.29, 1.82) is 0 Å². The van der Waals surface area contributed by atoms with E-state index in [0.717, 1.165) is 6.42 Å². The van der Waals surface area contributed by atoms with E-state index in [-0.39, 0.29) is 46.5 Å². The van der Waals surface area contributed by atoms with Crippen LogP contribution >= 0.6 is 11.1 Å². The summed E-state index contributed by atoms with van der Waals surface area (Å²) < 4.78 is 0. The van der Waals surface area contributed by atoms with Gasteiger partial charge in [0.25, 0.3) is 0 Å². The molecule has 0 spiro atoms. The van der Waals surface area contributed by atoms with Gasteiger partial charge < -0.3 is 24.8 Å².